The quantitative estimate of drug-likeness (QED) is 0.289. The molecule has 0 amide bonds. The molecule has 0 aromatic carbocycles. The van der Waals surface area contributed by atoms with Gasteiger partial charge in [0, 0.05) is 6.61 Å². The molecule has 6 heteroatoms. The SMILES string of the molecule is C[C@@]1(CO[Si](C)(C)C)CCC[C@@]2(C)[C@H]1CC[C@H]1C[C@@H]3C[C@@]12CC[C@@]3(CO[Si](C)(C)C)O[Si](C)(C)C. The smallest absolute Gasteiger partial charge is 0.184 e. The van der Waals surface area contributed by atoms with Crippen LogP contribution in [0.2, 0.25) is 58.9 Å². The lowest BCUT2D eigenvalue weighted by Gasteiger charge is -2.66. The molecular weight excluding hydrogens is 481 g/mol. The van der Waals surface area contributed by atoms with Gasteiger partial charge < -0.3 is 13.3 Å². The van der Waals surface area contributed by atoms with Crippen molar-refractivity contribution in [2.24, 2.45) is 34.0 Å². The van der Waals surface area contributed by atoms with Crippen molar-refractivity contribution in [3.8, 4) is 0 Å². The third-order valence-electron chi connectivity index (χ3n) is 10.8. The molecule has 4 aliphatic rings. The summed E-state index contributed by atoms with van der Waals surface area (Å²) in [4.78, 5) is 0. The van der Waals surface area contributed by atoms with E-state index in [1.54, 1.807) is 0 Å². The summed E-state index contributed by atoms with van der Waals surface area (Å²) >= 11 is 0. The molecule has 4 saturated carbocycles. The summed E-state index contributed by atoms with van der Waals surface area (Å²) in [5.74, 6) is 2.36. The van der Waals surface area contributed by atoms with Crippen LogP contribution >= 0.6 is 0 Å². The van der Waals surface area contributed by atoms with Crippen LogP contribution in [-0.4, -0.2) is 43.8 Å². The van der Waals surface area contributed by atoms with Crippen LogP contribution in [0, 0.1) is 34.0 Å². The topological polar surface area (TPSA) is 27.7 Å². The summed E-state index contributed by atoms with van der Waals surface area (Å²) in [7, 11) is -4.79. The minimum absolute atomic E-state index is 0.0435. The highest BCUT2D eigenvalue weighted by molar-refractivity contribution is 6.70. The van der Waals surface area contributed by atoms with Gasteiger partial charge in [-0.3, -0.25) is 0 Å². The maximum atomic E-state index is 7.20. The van der Waals surface area contributed by atoms with Gasteiger partial charge in [0.05, 0.1) is 12.2 Å². The third kappa shape index (κ3) is 5.36. The Kier molecular flexibility index (Phi) is 7.37. The fourth-order valence-electron chi connectivity index (χ4n) is 9.45. The van der Waals surface area contributed by atoms with Gasteiger partial charge >= 0.3 is 0 Å². The molecule has 0 heterocycles. The van der Waals surface area contributed by atoms with E-state index in [9.17, 15) is 0 Å². The molecule has 1 spiro atoms. The normalized spacial score (nSPS) is 44.1. The Labute approximate surface area is 221 Å². The largest absolute Gasteiger partial charge is 0.417 e. The lowest BCUT2D eigenvalue weighted by atomic mass is 9.39. The zero-order valence-electron chi connectivity index (χ0n) is 25.2. The second-order valence-corrected chi connectivity index (χ2v) is 30.1. The maximum absolute atomic E-state index is 7.20. The Morgan fingerprint density at radius 2 is 1.31 bits per heavy atom. The van der Waals surface area contributed by atoms with E-state index in [1.807, 2.05) is 0 Å². The maximum Gasteiger partial charge on any atom is 0.184 e. The second kappa shape index (κ2) is 9.04. The molecule has 4 rings (SSSR count). The van der Waals surface area contributed by atoms with Crippen molar-refractivity contribution in [1.82, 2.24) is 0 Å². The fourth-order valence-corrected chi connectivity index (χ4v) is 12.4. The van der Waals surface area contributed by atoms with Crippen LogP contribution < -0.4 is 0 Å². The molecule has 0 unspecified atom stereocenters. The lowest BCUT2D eigenvalue weighted by Crippen LogP contribution is -2.61. The van der Waals surface area contributed by atoms with Gasteiger partial charge in [-0.2, -0.15) is 0 Å². The van der Waals surface area contributed by atoms with Gasteiger partial charge in [0.25, 0.3) is 0 Å². The van der Waals surface area contributed by atoms with Crippen LogP contribution in [-0.2, 0) is 13.3 Å². The minimum Gasteiger partial charge on any atom is -0.417 e. The van der Waals surface area contributed by atoms with E-state index >= 15 is 0 Å². The van der Waals surface area contributed by atoms with Gasteiger partial charge in [0.1, 0.15) is 0 Å². The molecule has 7 atom stereocenters. The van der Waals surface area contributed by atoms with Gasteiger partial charge in [-0.05, 0) is 144 Å². The molecule has 2 bridgehead atoms. The first-order chi connectivity index (χ1) is 15.8. The molecule has 3 nitrogen and oxygen atoms in total. The van der Waals surface area contributed by atoms with E-state index in [0.29, 0.717) is 22.2 Å². The van der Waals surface area contributed by atoms with Gasteiger partial charge in [0.2, 0.25) is 0 Å². The molecule has 0 aromatic rings. The van der Waals surface area contributed by atoms with Crippen molar-refractivity contribution in [1.29, 1.82) is 0 Å². The van der Waals surface area contributed by atoms with Gasteiger partial charge in [0.15, 0.2) is 25.0 Å². The summed E-state index contributed by atoms with van der Waals surface area (Å²) in [6, 6.07) is 0. The minimum atomic E-state index is -1.69. The summed E-state index contributed by atoms with van der Waals surface area (Å²) < 4.78 is 20.5. The summed E-state index contributed by atoms with van der Waals surface area (Å²) in [5.41, 5.74) is 1.26. The molecule has 0 radical (unpaired) electrons. The highest BCUT2D eigenvalue weighted by Gasteiger charge is 2.70. The average Bonchev–Trinajstić information content (AvgIpc) is 3.03. The zero-order valence-corrected chi connectivity index (χ0v) is 28.2. The summed E-state index contributed by atoms with van der Waals surface area (Å²) in [5, 5.41) is 0. The first-order valence-corrected chi connectivity index (χ1v) is 25.0. The zero-order chi connectivity index (χ0) is 26.1. The standard InChI is InChI=1S/C29H58O3Si3/c1-26(21-30-33(3,4)5)15-12-16-27(2)25(26)14-13-23-19-24-20-28(23,27)17-18-29(24,32-35(9,10)11)22-31-34(6,7)8/h23-25H,12-22H2,1-11H3/t23-,24+,25-,26-,27-,28-,29-/m0/s1. The van der Waals surface area contributed by atoms with Crippen molar-refractivity contribution in [3.63, 3.8) is 0 Å². The molecule has 0 N–H and O–H groups in total. The monoisotopic (exact) mass is 538 g/mol. The number of hydrogen-bond donors (Lipinski definition) is 0. The molecule has 0 aromatic heterocycles. The van der Waals surface area contributed by atoms with Gasteiger partial charge in [-0.1, -0.05) is 20.3 Å². The molecule has 0 aliphatic heterocycles. The van der Waals surface area contributed by atoms with Crippen molar-refractivity contribution in [3.05, 3.63) is 0 Å². The van der Waals surface area contributed by atoms with E-state index < -0.39 is 25.0 Å². The average molecular weight is 539 g/mol. The van der Waals surface area contributed by atoms with Crippen LogP contribution in [0.3, 0.4) is 0 Å². The van der Waals surface area contributed by atoms with Crippen LogP contribution in [0.5, 0.6) is 0 Å². The third-order valence-corrected chi connectivity index (χ3v) is 13.8. The Bertz CT molecular complexity index is 784. The predicted octanol–water partition coefficient (Wildman–Crippen LogP) is 8.69. The molecule has 204 valence electrons. The van der Waals surface area contributed by atoms with E-state index in [0.717, 1.165) is 25.0 Å². The lowest BCUT2D eigenvalue weighted by molar-refractivity contribution is -0.183. The second-order valence-electron chi connectivity index (χ2n) is 16.6. The molecule has 4 fully saturated rings. The van der Waals surface area contributed by atoms with Crippen LogP contribution in [0.15, 0.2) is 0 Å². The Morgan fingerprint density at radius 3 is 1.91 bits per heavy atom. The van der Waals surface area contributed by atoms with Crippen LogP contribution in [0.1, 0.15) is 71.6 Å². The predicted molar refractivity (Wildman–Crippen MR) is 156 cm³/mol. The highest BCUT2D eigenvalue weighted by atomic mass is 28.4. The Balaban J connectivity index is 1.63. The van der Waals surface area contributed by atoms with Crippen molar-refractivity contribution in [2.75, 3.05) is 13.2 Å². The van der Waals surface area contributed by atoms with E-state index in [2.05, 4.69) is 72.8 Å². The Hall–Kier alpha value is 0.531. The van der Waals surface area contributed by atoms with Gasteiger partial charge in [-0.25, -0.2) is 0 Å². The summed E-state index contributed by atoms with van der Waals surface area (Å²) in [6.45, 7) is 28.4. The number of rotatable bonds is 8. The van der Waals surface area contributed by atoms with E-state index in [-0.39, 0.29) is 5.60 Å². The fraction of sp³-hybridized carbons (Fsp3) is 1.00. The Morgan fingerprint density at radius 1 is 0.686 bits per heavy atom. The molecule has 0 saturated heterocycles. The summed E-state index contributed by atoms with van der Waals surface area (Å²) in [6.07, 6.45) is 12.3. The molecule has 35 heavy (non-hydrogen) atoms. The molecule has 4 aliphatic carbocycles. The number of hydrogen-bond acceptors (Lipinski definition) is 3. The van der Waals surface area contributed by atoms with E-state index in [1.165, 1.54) is 57.8 Å². The molecular formula is C29H58O3Si3. The van der Waals surface area contributed by atoms with Crippen LogP contribution in [0.25, 0.3) is 0 Å². The van der Waals surface area contributed by atoms with Crippen molar-refractivity contribution in [2.45, 2.75) is 136 Å². The first-order valence-electron chi connectivity index (χ1n) is 14.8. The first kappa shape index (κ1) is 28.5. The highest BCUT2D eigenvalue weighted by Crippen LogP contribution is 2.75. The van der Waals surface area contributed by atoms with Crippen LogP contribution in [0.4, 0.5) is 0 Å². The van der Waals surface area contributed by atoms with Crippen molar-refractivity contribution >= 4 is 25.0 Å². The number of fused-ring (bicyclic) bond motifs is 2. The van der Waals surface area contributed by atoms with Crippen molar-refractivity contribution < 1.29 is 13.3 Å². The van der Waals surface area contributed by atoms with Gasteiger partial charge in [-0.15, -0.1) is 0 Å². The van der Waals surface area contributed by atoms with E-state index in [4.69, 9.17) is 13.3 Å².